The van der Waals surface area contributed by atoms with Gasteiger partial charge in [-0.2, -0.15) is 0 Å². The van der Waals surface area contributed by atoms with Crippen molar-refractivity contribution in [2.75, 3.05) is 12.3 Å². The highest BCUT2D eigenvalue weighted by atomic mass is 32.2. The molecular weight excluding hydrogens is 440 g/mol. The number of aryl methyl sites for hydroxylation is 2. The van der Waals surface area contributed by atoms with Crippen LogP contribution in [-0.2, 0) is 21.1 Å². The maximum absolute atomic E-state index is 13.6. The van der Waals surface area contributed by atoms with Crippen LogP contribution >= 0.6 is 0 Å². The van der Waals surface area contributed by atoms with Crippen LogP contribution in [0, 0.1) is 13.8 Å². The average molecular weight is 466 g/mol. The molecule has 0 amide bonds. The maximum atomic E-state index is 13.6. The molecular formula is C24H25N4O4S+. The molecule has 1 aliphatic rings. The minimum absolute atomic E-state index is 0.0435. The number of aromatic nitrogens is 3. The second kappa shape index (κ2) is 7.93. The van der Waals surface area contributed by atoms with Crippen LogP contribution in [0.1, 0.15) is 24.0 Å². The number of hydrogen-bond donors (Lipinski definition) is 1. The molecule has 1 aromatic carbocycles. The van der Waals surface area contributed by atoms with Gasteiger partial charge in [-0.3, -0.25) is 9.20 Å². The van der Waals surface area contributed by atoms with E-state index in [4.69, 9.17) is 10.5 Å². The van der Waals surface area contributed by atoms with Crippen molar-refractivity contribution in [2.24, 2.45) is 0 Å². The van der Waals surface area contributed by atoms with Gasteiger partial charge in [0, 0.05) is 12.8 Å². The van der Waals surface area contributed by atoms with E-state index >= 15 is 0 Å². The van der Waals surface area contributed by atoms with Crippen molar-refractivity contribution in [3.63, 3.8) is 0 Å². The Morgan fingerprint density at radius 1 is 1.15 bits per heavy atom. The summed E-state index contributed by atoms with van der Waals surface area (Å²) in [6.45, 7) is 4.72. The Kier molecular flexibility index (Phi) is 5.18. The zero-order valence-corrected chi connectivity index (χ0v) is 19.3. The molecule has 0 unspecified atom stereocenters. The average Bonchev–Trinajstić information content (AvgIpc) is 3.30. The van der Waals surface area contributed by atoms with Crippen molar-refractivity contribution in [1.82, 2.24) is 9.38 Å². The van der Waals surface area contributed by atoms with Crippen molar-refractivity contribution in [2.45, 2.75) is 49.1 Å². The summed E-state index contributed by atoms with van der Waals surface area (Å²) in [6, 6.07) is 11.6. The van der Waals surface area contributed by atoms with Crippen molar-refractivity contribution in [3.05, 3.63) is 70.1 Å². The van der Waals surface area contributed by atoms with Crippen LogP contribution in [0.5, 0.6) is 0 Å². The van der Waals surface area contributed by atoms with E-state index in [-0.39, 0.29) is 32.7 Å². The van der Waals surface area contributed by atoms with Crippen LogP contribution in [0.4, 0.5) is 5.82 Å². The molecule has 0 aliphatic carbocycles. The number of rotatable bonds is 4. The molecule has 3 aromatic heterocycles. The van der Waals surface area contributed by atoms with E-state index in [0.717, 1.165) is 24.0 Å². The summed E-state index contributed by atoms with van der Waals surface area (Å²) in [5.74, 6) is 0.0435. The van der Waals surface area contributed by atoms with Crippen LogP contribution in [0.2, 0.25) is 0 Å². The topological polar surface area (TPSA) is 108 Å². The van der Waals surface area contributed by atoms with Gasteiger partial charge in [-0.1, -0.05) is 28.7 Å². The Bertz CT molecular complexity index is 1550. The summed E-state index contributed by atoms with van der Waals surface area (Å²) in [5, 5.41) is 0.191. The van der Waals surface area contributed by atoms with Crippen LogP contribution in [0.3, 0.4) is 0 Å². The number of hydrogen-bond acceptors (Lipinski definition) is 6. The number of benzene rings is 1. The molecule has 1 saturated heterocycles. The lowest BCUT2D eigenvalue weighted by Crippen LogP contribution is -2.45. The summed E-state index contributed by atoms with van der Waals surface area (Å²) in [5.41, 5.74) is 8.78. The Labute approximate surface area is 191 Å². The fourth-order valence-corrected chi connectivity index (χ4v) is 5.67. The van der Waals surface area contributed by atoms with E-state index in [0.29, 0.717) is 24.4 Å². The smallest absolute Gasteiger partial charge is 0.278 e. The van der Waals surface area contributed by atoms with Gasteiger partial charge in [0.1, 0.15) is 10.3 Å². The van der Waals surface area contributed by atoms with Gasteiger partial charge in [0.15, 0.2) is 0 Å². The van der Waals surface area contributed by atoms with Gasteiger partial charge < -0.3 is 10.5 Å². The maximum Gasteiger partial charge on any atom is 0.278 e. The number of nitrogen functional groups attached to an aromatic ring is 1. The number of nitrogens with zero attached hydrogens (tertiary/aromatic N) is 3. The van der Waals surface area contributed by atoms with Gasteiger partial charge in [0.05, 0.1) is 17.5 Å². The van der Waals surface area contributed by atoms with E-state index in [1.54, 1.807) is 41.1 Å². The first-order valence-corrected chi connectivity index (χ1v) is 12.3. The number of fused-ring (bicyclic) bond motifs is 2. The van der Waals surface area contributed by atoms with E-state index in [9.17, 15) is 13.2 Å². The zero-order chi connectivity index (χ0) is 23.3. The first kappa shape index (κ1) is 21.5. The van der Waals surface area contributed by atoms with Crippen molar-refractivity contribution in [1.29, 1.82) is 0 Å². The molecule has 4 aromatic rings. The van der Waals surface area contributed by atoms with Crippen molar-refractivity contribution < 1.29 is 17.7 Å². The first-order chi connectivity index (χ1) is 15.8. The molecule has 0 radical (unpaired) electrons. The number of ether oxygens (including phenoxy) is 1. The fourth-order valence-electron chi connectivity index (χ4n) is 4.27. The molecule has 5 rings (SSSR count). The molecule has 33 heavy (non-hydrogen) atoms. The molecule has 8 nitrogen and oxygen atoms in total. The molecule has 4 heterocycles. The molecule has 0 saturated carbocycles. The lowest BCUT2D eigenvalue weighted by atomic mass is 10.2. The second-order valence-electron chi connectivity index (χ2n) is 8.54. The van der Waals surface area contributed by atoms with Crippen LogP contribution in [-0.4, -0.2) is 30.5 Å². The largest absolute Gasteiger partial charge is 0.375 e. The highest BCUT2D eigenvalue weighted by Gasteiger charge is 2.31. The van der Waals surface area contributed by atoms with E-state index in [2.05, 4.69) is 4.98 Å². The zero-order valence-electron chi connectivity index (χ0n) is 18.5. The van der Waals surface area contributed by atoms with E-state index < -0.39 is 9.84 Å². The van der Waals surface area contributed by atoms with Gasteiger partial charge in [0.2, 0.25) is 21.3 Å². The number of nitrogens with two attached hydrogens (primary N) is 1. The van der Waals surface area contributed by atoms with Crippen LogP contribution < -0.4 is 15.9 Å². The molecule has 1 fully saturated rings. The Hall–Kier alpha value is -3.30. The lowest BCUT2D eigenvalue weighted by molar-refractivity contribution is -0.667. The predicted octanol–water partition coefficient (Wildman–Crippen LogP) is 2.35. The number of sulfone groups is 1. The number of anilines is 1. The number of pyridine rings is 2. The van der Waals surface area contributed by atoms with Crippen LogP contribution in [0.25, 0.3) is 16.7 Å². The molecule has 9 heteroatoms. The Balaban J connectivity index is 1.83. The Morgan fingerprint density at radius 3 is 2.58 bits per heavy atom. The lowest BCUT2D eigenvalue weighted by Gasteiger charge is -2.15. The molecule has 2 N–H and O–H groups in total. The van der Waals surface area contributed by atoms with Gasteiger partial charge in [-0.25, -0.2) is 13.0 Å². The van der Waals surface area contributed by atoms with Crippen LogP contribution in [0.15, 0.2) is 63.2 Å². The normalized spacial score (nSPS) is 16.6. The monoisotopic (exact) mass is 465 g/mol. The minimum Gasteiger partial charge on any atom is -0.375 e. The van der Waals surface area contributed by atoms with Gasteiger partial charge in [-0.15, -0.1) is 0 Å². The Morgan fingerprint density at radius 2 is 1.88 bits per heavy atom. The van der Waals surface area contributed by atoms with E-state index in [1.165, 1.54) is 10.5 Å². The summed E-state index contributed by atoms with van der Waals surface area (Å²) >= 11 is 0. The first-order valence-electron chi connectivity index (χ1n) is 10.8. The second-order valence-corrected chi connectivity index (χ2v) is 10.5. The molecule has 0 bridgehead atoms. The summed E-state index contributed by atoms with van der Waals surface area (Å²) in [6.07, 6.45) is 3.31. The van der Waals surface area contributed by atoms with Gasteiger partial charge in [0.25, 0.3) is 11.2 Å². The molecule has 1 aliphatic heterocycles. The summed E-state index contributed by atoms with van der Waals surface area (Å²) in [4.78, 5) is 18.1. The molecule has 170 valence electrons. The highest BCUT2D eigenvalue weighted by Crippen LogP contribution is 2.27. The quantitative estimate of drug-likeness (QED) is 0.366. The summed E-state index contributed by atoms with van der Waals surface area (Å²) in [7, 11) is -3.97. The van der Waals surface area contributed by atoms with Crippen molar-refractivity contribution >= 4 is 32.3 Å². The standard InChI is InChI=1S/C24H24N4O4S/c1-15-5-8-18(9-6-15)33(30,31)20-12-19-23(28(22(20)25)14-17-4-3-11-32-17)26-21-10-7-16(2)13-27(21)24(19)29/h5-10,12-13,17,25H,3-4,11,14H2,1-2H3/p+1/t17-/m1/s1. The third kappa shape index (κ3) is 3.67. The predicted molar refractivity (Wildman–Crippen MR) is 124 cm³/mol. The van der Waals surface area contributed by atoms with Gasteiger partial charge in [-0.05, 0) is 56.5 Å². The summed E-state index contributed by atoms with van der Waals surface area (Å²) < 4.78 is 36.0. The third-order valence-corrected chi connectivity index (χ3v) is 7.89. The SMILES string of the molecule is Cc1ccc(S(=O)(=O)c2cc3c(=O)n4cc(C)ccc4nc3[n+](C[C@H]3CCCO3)c2N)cc1. The third-order valence-electron chi connectivity index (χ3n) is 6.09. The minimum atomic E-state index is -3.97. The van der Waals surface area contributed by atoms with Gasteiger partial charge >= 0.3 is 0 Å². The molecule has 1 atom stereocenters. The molecule has 0 spiro atoms. The van der Waals surface area contributed by atoms with Crippen molar-refractivity contribution in [3.8, 4) is 0 Å². The highest BCUT2D eigenvalue weighted by molar-refractivity contribution is 7.91. The van der Waals surface area contributed by atoms with E-state index in [1.807, 2.05) is 19.9 Å². The fraction of sp³-hybridized carbons (Fsp3) is 0.292.